The van der Waals surface area contributed by atoms with Crippen LogP contribution in [0.15, 0.2) is 9.59 Å². The number of hydrogen-bond acceptors (Lipinski definition) is 3. The van der Waals surface area contributed by atoms with Gasteiger partial charge in [0, 0.05) is 18.2 Å². The van der Waals surface area contributed by atoms with E-state index < -0.39 is 11.2 Å². The van der Waals surface area contributed by atoms with Crippen LogP contribution in [-0.4, -0.2) is 22.6 Å². The molecule has 0 saturated carbocycles. The molecule has 0 aliphatic carbocycles. The average molecular weight is 230 g/mol. The van der Waals surface area contributed by atoms with Gasteiger partial charge >= 0.3 is 5.69 Å². The van der Waals surface area contributed by atoms with Crippen LogP contribution < -0.4 is 16.6 Å². The fourth-order valence-corrected chi connectivity index (χ4v) is 2.01. The topological polar surface area (TPSA) is 77.8 Å². The molecule has 0 amide bonds. The van der Waals surface area contributed by atoms with E-state index in [1.54, 1.807) is 0 Å². The Morgan fingerprint density at radius 2 is 2.13 bits per heavy atom. The van der Waals surface area contributed by atoms with E-state index in [2.05, 4.69) is 15.3 Å². The first-order chi connectivity index (χ1) is 7.16. The molecule has 1 fully saturated rings. The molecule has 6 heteroatoms. The van der Waals surface area contributed by atoms with Gasteiger partial charge < -0.3 is 10.3 Å². The standard InChI is InChI=1S/C9H12ClN3O2/c10-7-6(4-5-2-1-3-11-5)12-9(15)13-8(7)14/h5,11H,1-4H2,(H2,12,13,14,15). The summed E-state index contributed by atoms with van der Waals surface area (Å²) in [5, 5.41) is 3.36. The van der Waals surface area contributed by atoms with Crippen molar-refractivity contribution in [2.24, 2.45) is 0 Å². The zero-order valence-electron chi connectivity index (χ0n) is 8.10. The summed E-state index contributed by atoms with van der Waals surface area (Å²) in [6, 6.07) is 0.306. The first-order valence-corrected chi connectivity index (χ1v) is 5.29. The molecule has 2 heterocycles. The molecule has 1 aliphatic rings. The minimum atomic E-state index is -0.520. The second-order valence-corrected chi connectivity index (χ2v) is 4.08. The molecule has 5 nitrogen and oxygen atoms in total. The number of hydrogen-bond donors (Lipinski definition) is 3. The lowest BCUT2D eigenvalue weighted by Crippen LogP contribution is -2.29. The van der Waals surface area contributed by atoms with E-state index in [0.717, 1.165) is 19.4 Å². The van der Waals surface area contributed by atoms with Gasteiger partial charge in [-0.3, -0.25) is 9.78 Å². The minimum absolute atomic E-state index is 0.0864. The Kier molecular flexibility index (Phi) is 2.93. The lowest BCUT2D eigenvalue weighted by Gasteiger charge is -2.09. The summed E-state index contributed by atoms with van der Waals surface area (Å²) in [5.74, 6) is 0. The van der Waals surface area contributed by atoms with Crippen LogP contribution >= 0.6 is 11.6 Å². The molecule has 0 spiro atoms. The molecular formula is C9H12ClN3O2. The number of aromatic amines is 2. The molecule has 1 aromatic heterocycles. The van der Waals surface area contributed by atoms with Crippen LogP contribution in [0.5, 0.6) is 0 Å². The highest BCUT2D eigenvalue weighted by Crippen LogP contribution is 2.13. The van der Waals surface area contributed by atoms with Gasteiger partial charge in [-0.15, -0.1) is 0 Å². The Bertz CT molecular complexity index is 459. The van der Waals surface area contributed by atoms with Crippen molar-refractivity contribution < 1.29 is 0 Å². The smallest absolute Gasteiger partial charge is 0.314 e. The summed E-state index contributed by atoms with van der Waals surface area (Å²) in [6.45, 7) is 0.982. The monoisotopic (exact) mass is 229 g/mol. The summed E-state index contributed by atoms with van der Waals surface area (Å²) < 4.78 is 0. The van der Waals surface area contributed by atoms with E-state index in [1.165, 1.54) is 0 Å². The van der Waals surface area contributed by atoms with Crippen LogP contribution in [-0.2, 0) is 6.42 Å². The zero-order valence-corrected chi connectivity index (χ0v) is 8.86. The largest absolute Gasteiger partial charge is 0.325 e. The van der Waals surface area contributed by atoms with Crippen molar-refractivity contribution in [3.63, 3.8) is 0 Å². The third-order valence-electron chi connectivity index (χ3n) is 2.57. The number of aromatic nitrogens is 2. The van der Waals surface area contributed by atoms with Gasteiger partial charge in [0.15, 0.2) is 0 Å². The van der Waals surface area contributed by atoms with Crippen LogP contribution in [0.1, 0.15) is 18.5 Å². The molecule has 82 valence electrons. The molecule has 1 aromatic rings. The first kappa shape index (κ1) is 10.4. The lowest BCUT2D eigenvalue weighted by atomic mass is 10.1. The van der Waals surface area contributed by atoms with Crippen LogP contribution in [0.4, 0.5) is 0 Å². The molecule has 2 rings (SSSR count). The molecule has 0 aromatic carbocycles. The molecule has 0 radical (unpaired) electrons. The number of H-pyrrole nitrogens is 2. The molecule has 1 unspecified atom stereocenters. The summed E-state index contributed by atoms with van der Waals surface area (Å²) in [4.78, 5) is 26.9. The fourth-order valence-electron chi connectivity index (χ4n) is 1.84. The zero-order chi connectivity index (χ0) is 10.8. The molecular weight excluding hydrogens is 218 g/mol. The van der Waals surface area contributed by atoms with E-state index in [9.17, 15) is 9.59 Å². The van der Waals surface area contributed by atoms with E-state index in [1.807, 2.05) is 0 Å². The van der Waals surface area contributed by atoms with E-state index in [4.69, 9.17) is 11.6 Å². The van der Waals surface area contributed by atoms with E-state index in [-0.39, 0.29) is 5.02 Å². The van der Waals surface area contributed by atoms with Crippen LogP contribution in [0.3, 0.4) is 0 Å². The number of halogens is 1. The molecule has 1 aliphatic heterocycles. The predicted octanol–water partition coefficient (Wildman–Crippen LogP) is 0.0111. The fraction of sp³-hybridized carbons (Fsp3) is 0.556. The van der Waals surface area contributed by atoms with Crippen LogP contribution in [0.2, 0.25) is 5.02 Å². The Morgan fingerprint density at radius 1 is 1.33 bits per heavy atom. The summed E-state index contributed by atoms with van der Waals surface area (Å²) in [5.41, 5.74) is -0.504. The van der Waals surface area contributed by atoms with Gasteiger partial charge in [-0.05, 0) is 19.4 Å². The van der Waals surface area contributed by atoms with Crippen molar-refractivity contribution >= 4 is 11.6 Å². The third kappa shape index (κ3) is 2.30. The van der Waals surface area contributed by atoms with Gasteiger partial charge in [0.1, 0.15) is 5.02 Å². The predicted molar refractivity (Wildman–Crippen MR) is 57.4 cm³/mol. The molecule has 3 N–H and O–H groups in total. The number of nitrogens with one attached hydrogen (secondary N) is 3. The third-order valence-corrected chi connectivity index (χ3v) is 2.97. The highest BCUT2D eigenvalue weighted by atomic mass is 35.5. The van der Waals surface area contributed by atoms with Crippen molar-refractivity contribution in [2.75, 3.05) is 6.54 Å². The van der Waals surface area contributed by atoms with Gasteiger partial charge in [0.2, 0.25) is 0 Å². The maximum atomic E-state index is 11.2. The summed E-state index contributed by atoms with van der Waals surface area (Å²) in [7, 11) is 0. The van der Waals surface area contributed by atoms with Crippen LogP contribution in [0, 0.1) is 0 Å². The van der Waals surface area contributed by atoms with Gasteiger partial charge in [-0.2, -0.15) is 0 Å². The van der Waals surface area contributed by atoms with Gasteiger partial charge in [-0.1, -0.05) is 11.6 Å². The average Bonchev–Trinajstić information content (AvgIpc) is 2.66. The second kappa shape index (κ2) is 4.20. The van der Waals surface area contributed by atoms with Gasteiger partial charge in [0.25, 0.3) is 5.56 Å². The maximum Gasteiger partial charge on any atom is 0.325 e. The molecule has 15 heavy (non-hydrogen) atoms. The second-order valence-electron chi connectivity index (χ2n) is 3.70. The van der Waals surface area contributed by atoms with Gasteiger partial charge in [0.05, 0.1) is 0 Å². The van der Waals surface area contributed by atoms with E-state index >= 15 is 0 Å². The van der Waals surface area contributed by atoms with Gasteiger partial charge in [-0.25, -0.2) is 4.79 Å². The highest BCUT2D eigenvalue weighted by molar-refractivity contribution is 6.30. The number of rotatable bonds is 2. The molecule has 1 saturated heterocycles. The normalized spacial score (nSPS) is 20.7. The Labute approximate surface area is 90.9 Å². The van der Waals surface area contributed by atoms with Crippen molar-refractivity contribution in [2.45, 2.75) is 25.3 Å². The first-order valence-electron chi connectivity index (χ1n) is 4.91. The van der Waals surface area contributed by atoms with Crippen molar-refractivity contribution in [3.8, 4) is 0 Å². The minimum Gasteiger partial charge on any atom is -0.314 e. The summed E-state index contributed by atoms with van der Waals surface area (Å²) >= 11 is 5.80. The van der Waals surface area contributed by atoms with Crippen molar-refractivity contribution in [3.05, 3.63) is 31.6 Å². The van der Waals surface area contributed by atoms with Crippen LogP contribution in [0.25, 0.3) is 0 Å². The Hall–Kier alpha value is -1.07. The summed E-state index contributed by atoms with van der Waals surface area (Å²) in [6.07, 6.45) is 2.76. The molecule has 1 atom stereocenters. The Balaban J connectivity index is 2.27. The quantitative estimate of drug-likeness (QED) is 0.669. The SMILES string of the molecule is O=c1[nH]c(CC2CCCN2)c(Cl)c(=O)[nH]1. The lowest BCUT2D eigenvalue weighted by molar-refractivity contribution is 0.592. The highest BCUT2D eigenvalue weighted by Gasteiger charge is 2.17. The Morgan fingerprint density at radius 3 is 2.80 bits per heavy atom. The maximum absolute atomic E-state index is 11.2. The van der Waals surface area contributed by atoms with E-state index in [0.29, 0.717) is 18.2 Å². The van der Waals surface area contributed by atoms with Crippen molar-refractivity contribution in [1.82, 2.24) is 15.3 Å². The van der Waals surface area contributed by atoms with Crippen molar-refractivity contribution in [1.29, 1.82) is 0 Å². The molecule has 0 bridgehead atoms.